The number of para-hydroxylation sites is 1. The van der Waals surface area contributed by atoms with Gasteiger partial charge in [-0.2, -0.15) is 0 Å². The lowest BCUT2D eigenvalue weighted by atomic mass is 10.00. The van der Waals surface area contributed by atoms with Crippen molar-refractivity contribution in [3.8, 4) is 0 Å². The van der Waals surface area contributed by atoms with Gasteiger partial charge in [0.25, 0.3) is 0 Å². The zero-order chi connectivity index (χ0) is 14.0. The van der Waals surface area contributed by atoms with Gasteiger partial charge < -0.3 is 15.5 Å². The number of rotatable bonds is 3. The smallest absolute Gasteiger partial charge is 0.146 e. The van der Waals surface area contributed by atoms with Crippen molar-refractivity contribution in [3.63, 3.8) is 0 Å². The summed E-state index contributed by atoms with van der Waals surface area (Å²) < 4.78 is 14.1. The summed E-state index contributed by atoms with van der Waals surface area (Å²) in [5.74, 6) is -0.155. The number of hydrogen-bond acceptors (Lipinski definition) is 3. The lowest BCUT2D eigenvalue weighted by molar-refractivity contribution is 0.249. The number of nitrogens with zero attached hydrogens (tertiary/aromatic N) is 2. The van der Waals surface area contributed by atoms with Crippen LogP contribution in [0.4, 0.5) is 10.1 Å². The van der Waals surface area contributed by atoms with Crippen LogP contribution in [0.15, 0.2) is 18.2 Å². The third-order valence-corrected chi connectivity index (χ3v) is 4.02. The van der Waals surface area contributed by atoms with Crippen LogP contribution >= 0.6 is 0 Å². The van der Waals surface area contributed by atoms with Crippen LogP contribution in [0, 0.1) is 5.82 Å². The molecule has 1 saturated heterocycles. The molecule has 0 aromatic heterocycles. The van der Waals surface area contributed by atoms with E-state index in [4.69, 9.17) is 5.73 Å². The van der Waals surface area contributed by atoms with Gasteiger partial charge in [0, 0.05) is 25.2 Å². The van der Waals surface area contributed by atoms with E-state index in [9.17, 15) is 4.39 Å². The van der Waals surface area contributed by atoms with E-state index >= 15 is 0 Å². The second-order valence-corrected chi connectivity index (χ2v) is 5.65. The summed E-state index contributed by atoms with van der Waals surface area (Å²) in [7, 11) is 4.22. The molecule has 0 aliphatic carbocycles. The predicted octanol–water partition coefficient (Wildman–Crippen LogP) is 2.38. The number of anilines is 1. The van der Waals surface area contributed by atoms with Crippen LogP contribution in [0.5, 0.6) is 0 Å². The summed E-state index contributed by atoms with van der Waals surface area (Å²) in [6.45, 7) is 3.69. The molecule has 0 saturated carbocycles. The minimum absolute atomic E-state index is 0.141. The molecular weight excluding hydrogens is 241 g/mol. The summed E-state index contributed by atoms with van der Waals surface area (Å²) in [5, 5.41) is 0. The van der Waals surface area contributed by atoms with Crippen LogP contribution in [0.3, 0.4) is 0 Å². The van der Waals surface area contributed by atoms with Crippen molar-refractivity contribution in [1.82, 2.24) is 4.90 Å². The molecule has 0 amide bonds. The standard InChI is InChI=1S/C15H24FN3/c1-11(17)13-5-4-6-14(16)15(13)19-9-7-12(8-10-19)18(2)3/h4-6,11-12H,7-10,17H2,1-3H3/t11-/m1/s1. The largest absolute Gasteiger partial charge is 0.369 e. The molecule has 19 heavy (non-hydrogen) atoms. The second-order valence-electron chi connectivity index (χ2n) is 5.65. The molecule has 0 unspecified atom stereocenters. The van der Waals surface area contributed by atoms with Crippen molar-refractivity contribution in [3.05, 3.63) is 29.6 Å². The van der Waals surface area contributed by atoms with Gasteiger partial charge in [-0.3, -0.25) is 0 Å². The number of benzene rings is 1. The van der Waals surface area contributed by atoms with E-state index in [1.54, 1.807) is 6.07 Å². The summed E-state index contributed by atoms with van der Waals surface area (Å²) in [6, 6.07) is 5.66. The zero-order valence-electron chi connectivity index (χ0n) is 12.1. The van der Waals surface area contributed by atoms with Crippen molar-refractivity contribution in [2.45, 2.75) is 31.8 Å². The maximum atomic E-state index is 14.1. The topological polar surface area (TPSA) is 32.5 Å². The number of nitrogens with two attached hydrogens (primary N) is 1. The summed E-state index contributed by atoms with van der Waals surface area (Å²) in [6.07, 6.45) is 2.14. The average Bonchev–Trinajstić information content (AvgIpc) is 2.38. The molecule has 1 aromatic carbocycles. The third kappa shape index (κ3) is 3.07. The van der Waals surface area contributed by atoms with Crippen LogP contribution in [0.25, 0.3) is 0 Å². The van der Waals surface area contributed by atoms with Gasteiger partial charge in [-0.15, -0.1) is 0 Å². The first-order valence-electron chi connectivity index (χ1n) is 6.96. The van der Waals surface area contributed by atoms with Gasteiger partial charge in [0.05, 0.1) is 5.69 Å². The second kappa shape index (κ2) is 5.88. The molecule has 1 aliphatic rings. The van der Waals surface area contributed by atoms with E-state index in [0.29, 0.717) is 11.7 Å². The molecule has 0 radical (unpaired) electrons. The molecule has 1 aromatic rings. The van der Waals surface area contributed by atoms with Gasteiger partial charge in [-0.25, -0.2) is 4.39 Å². The SMILES string of the molecule is C[C@@H](N)c1cccc(F)c1N1CCC(N(C)C)CC1. The normalized spacial score (nSPS) is 18.9. The highest BCUT2D eigenvalue weighted by atomic mass is 19.1. The Kier molecular flexibility index (Phi) is 4.42. The van der Waals surface area contributed by atoms with Crippen molar-refractivity contribution in [1.29, 1.82) is 0 Å². The molecule has 106 valence electrons. The molecule has 1 fully saturated rings. The highest BCUT2D eigenvalue weighted by Gasteiger charge is 2.24. The van der Waals surface area contributed by atoms with E-state index in [-0.39, 0.29) is 11.9 Å². The molecule has 0 spiro atoms. The van der Waals surface area contributed by atoms with Gasteiger partial charge in [0.15, 0.2) is 0 Å². The lowest BCUT2D eigenvalue weighted by Gasteiger charge is -2.37. The Morgan fingerprint density at radius 1 is 1.32 bits per heavy atom. The Labute approximate surface area is 115 Å². The Balaban J connectivity index is 2.19. The first kappa shape index (κ1) is 14.3. The number of halogens is 1. The van der Waals surface area contributed by atoms with Gasteiger partial charge in [0.2, 0.25) is 0 Å². The molecule has 2 N–H and O–H groups in total. The van der Waals surface area contributed by atoms with Crippen LogP contribution in [-0.4, -0.2) is 38.1 Å². The van der Waals surface area contributed by atoms with E-state index < -0.39 is 0 Å². The Morgan fingerprint density at radius 2 is 1.95 bits per heavy atom. The molecule has 1 aliphatic heterocycles. The van der Waals surface area contributed by atoms with E-state index in [2.05, 4.69) is 23.9 Å². The molecule has 4 heteroatoms. The Hall–Kier alpha value is -1.13. The molecular formula is C15H24FN3. The fraction of sp³-hybridized carbons (Fsp3) is 0.600. The predicted molar refractivity (Wildman–Crippen MR) is 77.9 cm³/mol. The van der Waals surface area contributed by atoms with Crippen LogP contribution in [0.1, 0.15) is 31.4 Å². The van der Waals surface area contributed by atoms with Gasteiger partial charge in [0.1, 0.15) is 5.82 Å². The highest BCUT2D eigenvalue weighted by Crippen LogP contribution is 2.31. The zero-order valence-corrected chi connectivity index (χ0v) is 12.1. The van der Waals surface area contributed by atoms with E-state index in [1.807, 2.05) is 13.0 Å². The third-order valence-electron chi connectivity index (χ3n) is 4.02. The monoisotopic (exact) mass is 265 g/mol. The average molecular weight is 265 g/mol. The molecule has 2 rings (SSSR count). The van der Waals surface area contributed by atoms with E-state index in [1.165, 1.54) is 6.07 Å². The van der Waals surface area contributed by atoms with Crippen molar-refractivity contribution in [2.75, 3.05) is 32.1 Å². The molecule has 3 nitrogen and oxygen atoms in total. The first-order valence-corrected chi connectivity index (χ1v) is 6.96. The fourth-order valence-corrected chi connectivity index (χ4v) is 2.84. The molecule has 1 heterocycles. The quantitative estimate of drug-likeness (QED) is 0.910. The highest BCUT2D eigenvalue weighted by molar-refractivity contribution is 5.56. The van der Waals surface area contributed by atoms with Crippen molar-refractivity contribution < 1.29 is 4.39 Å². The summed E-state index contributed by atoms with van der Waals surface area (Å²) in [5.41, 5.74) is 7.57. The number of piperidine rings is 1. The van der Waals surface area contributed by atoms with Gasteiger partial charge in [-0.1, -0.05) is 12.1 Å². The number of hydrogen-bond donors (Lipinski definition) is 1. The van der Waals surface area contributed by atoms with Crippen molar-refractivity contribution >= 4 is 5.69 Å². The lowest BCUT2D eigenvalue weighted by Crippen LogP contribution is -2.42. The minimum Gasteiger partial charge on any atom is -0.369 e. The van der Waals surface area contributed by atoms with Gasteiger partial charge in [-0.05, 0) is 45.5 Å². The summed E-state index contributed by atoms with van der Waals surface area (Å²) in [4.78, 5) is 4.40. The summed E-state index contributed by atoms with van der Waals surface area (Å²) >= 11 is 0. The Morgan fingerprint density at radius 3 is 2.47 bits per heavy atom. The Bertz CT molecular complexity index is 423. The van der Waals surface area contributed by atoms with E-state index in [0.717, 1.165) is 31.5 Å². The molecule has 0 bridgehead atoms. The van der Waals surface area contributed by atoms with Gasteiger partial charge >= 0.3 is 0 Å². The maximum Gasteiger partial charge on any atom is 0.146 e. The van der Waals surface area contributed by atoms with Crippen LogP contribution in [0.2, 0.25) is 0 Å². The fourth-order valence-electron chi connectivity index (χ4n) is 2.84. The maximum absolute atomic E-state index is 14.1. The van der Waals surface area contributed by atoms with Crippen LogP contribution in [-0.2, 0) is 0 Å². The molecule has 1 atom stereocenters. The van der Waals surface area contributed by atoms with Crippen LogP contribution < -0.4 is 10.6 Å². The minimum atomic E-state index is -0.155. The van der Waals surface area contributed by atoms with Crippen molar-refractivity contribution in [2.24, 2.45) is 5.73 Å². The first-order chi connectivity index (χ1) is 9.00.